The van der Waals surface area contributed by atoms with E-state index in [2.05, 4.69) is 59.9 Å². The van der Waals surface area contributed by atoms with Crippen molar-refractivity contribution in [2.75, 3.05) is 0 Å². The summed E-state index contributed by atoms with van der Waals surface area (Å²) in [5, 5.41) is 0. The first-order chi connectivity index (χ1) is 5.55. The highest BCUT2D eigenvalue weighted by atomic mass is 15.3. The summed E-state index contributed by atoms with van der Waals surface area (Å²) in [6, 6.07) is 0. The second kappa shape index (κ2) is 2.73. The first kappa shape index (κ1) is 11.0. The van der Waals surface area contributed by atoms with Gasteiger partial charge in [-0.1, -0.05) is 13.8 Å². The lowest BCUT2D eigenvalue weighted by molar-refractivity contribution is 0.0918. The topological polar surface area (TPSA) is 3.24 Å². The maximum absolute atomic E-state index is 3.59. The Morgan fingerprint density at radius 1 is 1.08 bits per heavy atom. The summed E-state index contributed by atoms with van der Waals surface area (Å²) in [7, 11) is 0. The van der Waals surface area contributed by atoms with Gasteiger partial charge >= 0.3 is 0 Å². The molecular weight excluding hydrogens is 158 g/mol. The molecule has 76 valence electrons. The van der Waals surface area contributed by atoms with Crippen LogP contribution in [0.5, 0.6) is 0 Å². The molecule has 0 spiro atoms. The molecule has 1 rings (SSSR count). The molecule has 0 amide bonds. The third-order valence-electron chi connectivity index (χ3n) is 2.57. The number of hydrogen-bond acceptors (Lipinski definition) is 1. The van der Waals surface area contributed by atoms with Gasteiger partial charge < -0.3 is 0 Å². The van der Waals surface area contributed by atoms with Crippen LogP contribution in [0.15, 0.2) is 0 Å². The summed E-state index contributed by atoms with van der Waals surface area (Å²) >= 11 is 0. The predicted octanol–water partition coefficient (Wildman–Crippen LogP) is 3.33. The van der Waals surface area contributed by atoms with Crippen molar-refractivity contribution in [3.63, 3.8) is 0 Å². The summed E-state index contributed by atoms with van der Waals surface area (Å²) in [6.07, 6.45) is 1.19. The van der Waals surface area contributed by atoms with Crippen LogP contribution in [0.2, 0.25) is 0 Å². The fourth-order valence-electron chi connectivity index (χ4n) is 2.73. The van der Waals surface area contributed by atoms with E-state index in [1.165, 1.54) is 6.42 Å². The van der Waals surface area contributed by atoms with E-state index in [-0.39, 0.29) is 16.5 Å². The maximum Gasteiger partial charge on any atom is 0.0688 e. The standard InChI is InChI=1S/C12H23N/c1-10(2,3)13-9-11(4,5)8-12(13,6)7/h8H2,1-7H3. The summed E-state index contributed by atoms with van der Waals surface area (Å²) in [6.45, 7) is 19.5. The van der Waals surface area contributed by atoms with E-state index in [1.54, 1.807) is 0 Å². The quantitative estimate of drug-likeness (QED) is 0.554. The van der Waals surface area contributed by atoms with Crippen LogP contribution in [0.25, 0.3) is 0 Å². The minimum absolute atomic E-state index is 0.192. The zero-order valence-corrected chi connectivity index (χ0v) is 10.2. The van der Waals surface area contributed by atoms with E-state index in [0.29, 0.717) is 0 Å². The van der Waals surface area contributed by atoms with Gasteiger partial charge in [-0.25, -0.2) is 0 Å². The lowest BCUT2D eigenvalue weighted by Crippen LogP contribution is -2.48. The molecule has 1 aliphatic rings. The van der Waals surface area contributed by atoms with E-state index in [4.69, 9.17) is 0 Å². The van der Waals surface area contributed by atoms with Crippen LogP contribution in [-0.2, 0) is 0 Å². The predicted molar refractivity (Wildman–Crippen MR) is 57.3 cm³/mol. The van der Waals surface area contributed by atoms with Gasteiger partial charge in [0.1, 0.15) is 0 Å². The highest BCUT2D eigenvalue weighted by Crippen LogP contribution is 2.47. The van der Waals surface area contributed by atoms with Crippen molar-refractivity contribution < 1.29 is 0 Å². The fraction of sp³-hybridized carbons (Fsp3) is 0.917. The maximum atomic E-state index is 3.59. The van der Waals surface area contributed by atoms with Crippen molar-refractivity contribution in [2.45, 2.75) is 66.0 Å². The van der Waals surface area contributed by atoms with Gasteiger partial charge in [-0.2, -0.15) is 0 Å². The zero-order valence-electron chi connectivity index (χ0n) is 10.2. The molecule has 1 heterocycles. The Hall–Kier alpha value is -0.0400. The fourth-order valence-corrected chi connectivity index (χ4v) is 2.73. The van der Waals surface area contributed by atoms with Gasteiger partial charge in [-0.05, 0) is 46.5 Å². The van der Waals surface area contributed by atoms with E-state index in [0.717, 1.165) is 0 Å². The molecule has 1 saturated heterocycles. The van der Waals surface area contributed by atoms with Crippen LogP contribution in [0.4, 0.5) is 0 Å². The number of likely N-dealkylation sites (tertiary alicyclic amines) is 1. The molecule has 0 aromatic carbocycles. The van der Waals surface area contributed by atoms with Crippen LogP contribution in [-0.4, -0.2) is 16.0 Å². The van der Waals surface area contributed by atoms with Gasteiger partial charge in [-0.3, -0.25) is 4.90 Å². The van der Waals surface area contributed by atoms with E-state index >= 15 is 0 Å². The zero-order chi connectivity index (χ0) is 10.5. The van der Waals surface area contributed by atoms with Crippen LogP contribution in [0, 0.1) is 12.0 Å². The molecule has 0 aliphatic carbocycles. The van der Waals surface area contributed by atoms with Gasteiger partial charge in [-0.15, -0.1) is 0 Å². The van der Waals surface area contributed by atoms with Gasteiger partial charge in [0.05, 0.1) is 6.54 Å². The number of hydrogen-bond donors (Lipinski definition) is 0. The smallest absolute Gasteiger partial charge is 0.0688 e. The van der Waals surface area contributed by atoms with E-state index < -0.39 is 0 Å². The van der Waals surface area contributed by atoms with Gasteiger partial charge in [0.25, 0.3) is 0 Å². The highest BCUT2D eigenvalue weighted by Gasteiger charge is 2.47. The molecule has 1 aliphatic heterocycles. The molecule has 0 N–H and O–H groups in total. The van der Waals surface area contributed by atoms with Gasteiger partial charge in [0.2, 0.25) is 0 Å². The molecule has 0 aromatic heterocycles. The van der Waals surface area contributed by atoms with Crippen molar-refractivity contribution >= 4 is 0 Å². The molecular formula is C12H23N. The van der Waals surface area contributed by atoms with Crippen molar-refractivity contribution in [2.24, 2.45) is 5.41 Å². The molecule has 0 saturated carbocycles. The second-order valence-corrected chi connectivity index (χ2v) is 6.49. The largest absolute Gasteiger partial charge is 0.283 e. The van der Waals surface area contributed by atoms with Crippen LogP contribution < -0.4 is 0 Å². The summed E-state index contributed by atoms with van der Waals surface area (Å²) in [4.78, 5) is 2.39. The summed E-state index contributed by atoms with van der Waals surface area (Å²) < 4.78 is 0. The molecule has 1 fully saturated rings. The third kappa shape index (κ3) is 2.25. The highest BCUT2D eigenvalue weighted by molar-refractivity contribution is 5.08. The summed E-state index contributed by atoms with van der Waals surface area (Å²) in [5.74, 6) is 0. The molecule has 0 atom stereocenters. The lowest BCUT2D eigenvalue weighted by Gasteiger charge is -2.41. The Morgan fingerprint density at radius 2 is 1.54 bits per heavy atom. The Morgan fingerprint density at radius 3 is 1.69 bits per heavy atom. The van der Waals surface area contributed by atoms with E-state index in [1.807, 2.05) is 0 Å². The average molecular weight is 181 g/mol. The Balaban J connectivity index is 2.89. The SMILES string of the molecule is CC1(C)[C]N(C(C)(C)C)C(C)(C)C1. The average Bonchev–Trinajstić information content (AvgIpc) is 1.97. The molecule has 0 aromatic rings. The Labute approximate surface area is 83.5 Å². The first-order valence-electron chi connectivity index (χ1n) is 5.13. The number of rotatable bonds is 0. The molecule has 2 radical (unpaired) electrons. The Kier molecular flexibility index (Phi) is 2.31. The monoisotopic (exact) mass is 181 g/mol. The minimum atomic E-state index is 0.192. The first-order valence-corrected chi connectivity index (χ1v) is 5.13. The van der Waals surface area contributed by atoms with Gasteiger partial charge in [0.15, 0.2) is 0 Å². The van der Waals surface area contributed by atoms with Gasteiger partial charge in [0, 0.05) is 11.1 Å². The molecule has 1 nitrogen and oxygen atoms in total. The van der Waals surface area contributed by atoms with Crippen LogP contribution in [0.1, 0.15) is 54.9 Å². The third-order valence-corrected chi connectivity index (χ3v) is 2.57. The minimum Gasteiger partial charge on any atom is -0.283 e. The van der Waals surface area contributed by atoms with Crippen molar-refractivity contribution in [3.05, 3.63) is 6.54 Å². The molecule has 13 heavy (non-hydrogen) atoms. The summed E-state index contributed by atoms with van der Waals surface area (Å²) in [5.41, 5.74) is 0.676. The Bertz CT molecular complexity index is 196. The normalized spacial score (nSPS) is 27.9. The second-order valence-electron chi connectivity index (χ2n) is 6.49. The molecule has 0 bridgehead atoms. The number of nitrogens with zero attached hydrogens (tertiary/aromatic N) is 1. The lowest BCUT2D eigenvalue weighted by atomic mass is 9.86. The van der Waals surface area contributed by atoms with Crippen molar-refractivity contribution in [1.82, 2.24) is 4.90 Å². The van der Waals surface area contributed by atoms with Crippen molar-refractivity contribution in [1.29, 1.82) is 0 Å². The van der Waals surface area contributed by atoms with Crippen LogP contribution >= 0.6 is 0 Å². The van der Waals surface area contributed by atoms with E-state index in [9.17, 15) is 0 Å². The molecule has 0 unspecified atom stereocenters. The van der Waals surface area contributed by atoms with Crippen molar-refractivity contribution in [3.8, 4) is 0 Å². The van der Waals surface area contributed by atoms with Crippen LogP contribution in [0.3, 0.4) is 0 Å². The molecule has 1 heteroatoms.